The Labute approximate surface area is 114 Å². The number of hydrogen-bond acceptors (Lipinski definition) is 4. The minimum absolute atomic E-state index is 0.0486. The second kappa shape index (κ2) is 5.80. The molecule has 0 aromatic heterocycles. The van der Waals surface area contributed by atoms with Gasteiger partial charge in [0.1, 0.15) is 6.61 Å². The molecular formula is C15H23NO3. The Bertz CT molecular complexity index is 431. The Hall–Kier alpha value is -1.26. The summed E-state index contributed by atoms with van der Waals surface area (Å²) in [5.74, 6) is 1.78. The maximum atomic E-state index is 9.45. The number of aliphatic hydroxyl groups excluding tert-OH is 1. The van der Waals surface area contributed by atoms with Crippen LogP contribution in [0.15, 0.2) is 18.2 Å². The molecule has 0 saturated heterocycles. The topological polar surface area (TPSA) is 64.7 Å². The van der Waals surface area contributed by atoms with E-state index in [2.05, 4.69) is 6.92 Å². The van der Waals surface area contributed by atoms with Crippen LogP contribution in [0.25, 0.3) is 0 Å². The number of ether oxygens (including phenoxy) is 2. The van der Waals surface area contributed by atoms with Crippen LogP contribution in [0.1, 0.15) is 25.3 Å². The summed E-state index contributed by atoms with van der Waals surface area (Å²) < 4.78 is 11.1. The van der Waals surface area contributed by atoms with Crippen molar-refractivity contribution < 1.29 is 14.6 Å². The lowest BCUT2D eigenvalue weighted by molar-refractivity contribution is 0.115. The van der Waals surface area contributed by atoms with Gasteiger partial charge in [-0.1, -0.05) is 13.0 Å². The van der Waals surface area contributed by atoms with Crippen molar-refractivity contribution in [3.8, 4) is 11.5 Å². The predicted octanol–water partition coefficient (Wildman–Crippen LogP) is 1.74. The van der Waals surface area contributed by atoms with Gasteiger partial charge in [-0.05, 0) is 42.9 Å². The SMILES string of the molecule is CCc1ccc(OCC(N)(CO)C2CC2)c(OC)c1. The van der Waals surface area contributed by atoms with Gasteiger partial charge in [-0.2, -0.15) is 0 Å². The first-order valence-electron chi connectivity index (χ1n) is 6.82. The molecule has 0 amide bonds. The third kappa shape index (κ3) is 3.19. The fourth-order valence-corrected chi connectivity index (χ4v) is 2.21. The van der Waals surface area contributed by atoms with Crippen molar-refractivity contribution in [1.82, 2.24) is 0 Å². The average Bonchev–Trinajstić information content (AvgIpc) is 3.29. The molecule has 0 spiro atoms. The summed E-state index contributed by atoms with van der Waals surface area (Å²) in [7, 11) is 1.63. The van der Waals surface area contributed by atoms with Crippen LogP contribution in [0.3, 0.4) is 0 Å². The Balaban J connectivity index is 2.06. The van der Waals surface area contributed by atoms with E-state index in [1.54, 1.807) is 7.11 Å². The average molecular weight is 265 g/mol. The summed E-state index contributed by atoms with van der Waals surface area (Å²) in [4.78, 5) is 0. The highest BCUT2D eigenvalue weighted by Crippen LogP contribution is 2.39. The van der Waals surface area contributed by atoms with E-state index in [4.69, 9.17) is 15.2 Å². The zero-order chi connectivity index (χ0) is 13.9. The first-order chi connectivity index (χ1) is 9.12. The van der Waals surface area contributed by atoms with Crippen LogP contribution >= 0.6 is 0 Å². The van der Waals surface area contributed by atoms with Crippen LogP contribution in [0.2, 0.25) is 0 Å². The van der Waals surface area contributed by atoms with Gasteiger partial charge in [-0.3, -0.25) is 0 Å². The van der Waals surface area contributed by atoms with Crippen molar-refractivity contribution in [3.63, 3.8) is 0 Å². The molecule has 1 aromatic rings. The molecule has 1 saturated carbocycles. The normalized spacial score (nSPS) is 17.9. The Morgan fingerprint density at radius 2 is 2.11 bits per heavy atom. The maximum absolute atomic E-state index is 9.45. The summed E-state index contributed by atoms with van der Waals surface area (Å²) in [6.07, 6.45) is 3.11. The largest absolute Gasteiger partial charge is 0.493 e. The molecule has 0 bridgehead atoms. The van der Waals surface area contributed by atoms with Crippen LogP contribution in [0.4, 0.5) is 0 Å². The molecule has 0 aliphatic heterocycles. The van der Waals surface area contributed by atoms with E-state index >= 15 is 0 Å². The third-order valence-corrected chi connectivity index (χ3v) is 3.82. The highest BCUT2D eigenvalue weighted by Gasteiger charge is 2.42. The minimum Gasteiger partial charge on any atom is -0.493 e. The molecule has 1 unspecified atom stereocenters. The maximum Gasteiger partial charge on any atom is 0.161 e. The monoisotopic (exact) mass is 265 g/mol. The molecular weight excluding hydrogens is 242 g/mol. The van der Waals surface area contributed by atoms with E-state index in [-0.39, 0.29) is 6.61 Å². The molecule has 19 heavy (non-hydrogen) atoms. The first-order valence-corrected chi connectivity index (χ1v) is 6.82. The number of benzene rings is 1. The quantitative estimate of drug-likeness (QED) is 0.788. The van der Waals surface area contributed by atoms with Gasteiger partial charge in [-0.15, -0.1) is 0 Å². The van der Waals surface area contributed by atoms with Crippen molar-refractivity contribution in [1.29, 1.82) is 0 Å². The van der Waals surface area contributed by atoms with Crippen molar-refractivity contribution in [2.45, 2.75) is 31.7 Å². The van der Waals surface area contributed by atoms with Crippen LogP contribution in [-0.2, 0) is 6.42 Å². The van der Waals surface area contributed by atoms with Gasteiger partial charge in [0.25, 0.3) is 0 Å². The lowest BCUT2D eigenvalue weighted by Gasteiger charge is -2.27. The smallest absolute Gasteiger partial charge is 0.161 e. The van der Waals surface area contributed by atoms with E-state index in [1.165, 1.54) is 5.56 Å². The molecule has 106 valence electrons. The summed E-state index contributed by atoms with van der Waals surface area (Å²) in [6, 6.07) is 5.90. The van der Waals surface area contributed by atoms with Crippen molar-refractivity contribution in [2.75, 3.05) is 20.3 Å². The molecule has 0 heterocycles. The van der Waals surface area contributed by atoms with Crippen molar-refractivity contribution in [2.24, 2.45) is 11.7 Å². The predicted molar refractivity (Wildman–Crippen MR) is 74.6 cm³/mol. The minimum atomic E-state index is -0.631. The zero-order valence-electron chi connectivity index (χ0n) is 11.7. The van der Waals surface area contributed by atoms with Gasteiger partial charge < -0.3 is 20.3 Å². The van der Waals surface area contributed by atoms with E-state index in [1.807, 2.05) is 18.2 Å². The fourth-order valence-electron chi connectivity index (χ4n) is 2.21. The van der Waals surface area contributed by atoms with Crippen LogP contribution < -0.4 is 15.2 Å². The van der Waals surface area contributed by atoms with E-state index in [0.717, 1.165) is 25.0 Å². The second-order valence-corrected chi connectivity index (χ2v) is 5.29. The van der Waals surface area contributed by atoms with Gasteiger partial charge in [0.05, 0.1) is 19.3 Å². The highest BCUT2D eigenvalue weighted by molar-refractivity contribution is 5.43. The Kier molecular flexibility index (Phi) is 4.32. The lowest BCUT2D eigenvalue weighted by Crippen LogP contribution is -2.51. The van der Waals surface area contributed by atoms with Crippen molar-refractivity contribution in [3.05, 3.63) is 23.8 Å². The van der Waals surface area contributed by atoms with Crippen LogP contribution in [0.5, 0.6) is 11.5 Å². The Morgan fingerprint density at radius 3 is 2.63 bits per heavy atom. The summed E-state index contributed by atoms with van der Waals surface area (Å²) >= 11 is 0. The first kappa shape index (κ1) is 14.2. The van der Waals surface area contributed by atoms with E-state index < -0.39 is 5.54 Å². The number of rotatable bonds is 7. The third-order valence-electron chi connectivity index (χ3n) is 3.82. The molecule has 3 N–H and O–H groups in total. The fraction of sp³-hybridized carbons (Fsp3) is 0.600. The number of methoxy groups -OCH3 is 1. The van der Waals surface area contributed by atoms with E-state index in [9.17, 15) is 5.11 Å². The lowest BCUT2D eigenvalue weighted by atomic mass is 9.97. The molecule has 1 aromatic carbocycles. The molecule has 1 atom stereocenters. The van der Waals surface area contributed by atoms with Gasteiger partial charge in [-0.25, -0.2) is 0 Å². The second-order valence-electron chi connectivity index (χ2n) is 5.29. The summed E-state index contributed by atoms with van der Waals surface area (Å²) in [5, 5.41) is 9.45. The standard InChI is InChI=1S/C15H23NO3/c1-3-11-4-7-13(14(8-11)18-2)19-10-15(16,9-17)12-5-6-12/h4,7-8,12,17H,3,5-6,9-10,16H2,1-2H3. The molecule has 2 rings (SSSR count). The van der Waals surface area contributed by atoms with Gasteiger partial charge in [0.15, 0.2) is 11.5 Å². The van der Waals surface area contributed by atoms with Gasteiger partial charge in [0, 0.05) is 0 Å². The molecule has 0 radical (unpaired) electrons. The van der Waals surface area contributed by atoms with E-state index in [0.29, 0.717) is 18.3 Å². The number of hydrogen-bond donors (Lipinski definition) is 2. The molecule has 4 heteroatoms. The summed E-state index contributed by atoms with van der Waals surface area (Å²) in [6.45, 7) is 2.36. The highest BCUT2D eigenvalue weighted by atomic mass is 16.5. The number of nitrogens with two attached hydrogens (primary N) is 1. The van der Waals surface area contributed by atoms with Crippen LogP contribution in [-0.4, -0.2) is 31.0 Å². The Morgan fingerprint density at radius 1 is 1.37 bits per heavy atom. The number of aliphatic hydroxyl groups is 1. The molecule has 1 aliphatic rings. The number of aryl methyl sites for hydroxylation is 1. The molecule has 4 nitrogen and oxygen atoms in total. The van der Waals surface area contributed by atoms with Gasteiger partial charge in [0.2, 0.25) is 0 Å². The van der Waals surface area contributed by atoms with Gasteiger partial charge >= 0.3 is 0 Å². The van der Waals surface area contributed by atoms with Crippen molar-refractivity contribution >= 4 is 0 Å². The zero-order valence-corrected chi connectivity index (χ0v) is 11.7. The molecule has 1 aliphatic carbocycles. The summed E-state index contributed by atoms with van der Waals surface area (Å²) in [5.41, 5.74) is 6.75. The molecule has 1 fully saturated rings. The van der Waals surface area contributed by atoms with Crippen LogP contribution in [0, 0.1) is 5.92 Å².